The molecule has 120 valence electrons. The largest absolute Gasteiger partial charge is 0.0651 e. The quantitative estimate of drug-likeness (QED) is 0.457. The van der Waals surface area contributed by atoms with Gasteiger partial charge >= 0.3 is 0 Å². The molecule has 0 heterocycles. The number of hydrogen-bond acceptors (Lipinski definition) is 0. The van der Waals surface area contributed by atoms with Gasteiger partial charge in [-0.05, 0) is 41.2 Å². The topological polar surface area (TPSA) is 0 Å². The van der Waals surface area contributed by atoms with E-state index in [1.54, 1.807) is 0 Å². The van der Waals surface area contributed by atoms with Crippen molar-refractivity contribution in [1.82, 2.24) is 0 Å². The Hall–Kier alpha value is -2.60. The third kappa shape index (κ3) is 3.65. The van der Waals surface area contributed by atoms with Gasteiger partial charge in [0.2, 0.25) is 0 Å². The second kappa shape index (κ2) is 7.79. The molecule has 0 aliphatic rings. The van der Waals surface area contributed by atoms with Gasteiger partial charge < -0.3 is 0 Å². The Bertz CT molecular complexity index is 793. The fourth-order valence-electron chi connectivity index (χ4n) is 3.09. The van der Waals surface area contributed by atoms with Crippen LogP contribution in [0, 0.1) is 6.92 Å². The van der Waals surface area contributed by atoms with E-state index in [0.717, 1.165) is 12.8 Å². The van der Waals surface area contributed by atoms with Crippen molar-refractivity contribution in [3.63, 3.8) is 0 Å². The summed E-state index contributed by atoms with van der Waals surface area (Å²) in [6.07, 6.45) is 2.12. The van der Waals surface area contributed by atoms with E-state index < -0.39 is 0 Å². The first kappa shape index (κ1) is 15.0. The van der Waals surface area contributed by atoms with Crippen molar-refractivity contribution in [3.05, 3.63) is 107 Å². The van der Waals surface area contributed by atoms with Gasteiger partial charge in [-0.3, -0.25) is 0 Å². The Morgan fingerprint density at radius 2 is 1.33 bits per heavy atom. The van der Waals surface area contributed by atoms with Crippen LogP contribution >= 0.6 is 0 Å². The summed E-state index contributed by atoms with van der Waals surface area (Å²) in [7, 11) is 0. The Kier molecular flexibility index (Phi) is 4.85. The number of hydrogen-bond donors (Lipinski definition) is 0. The molecule has 3 aromatic carbocycles. The first-order valence-electron chi connectivity index (χ1n) is 9.11. The van der Waals surface area contributed by atoms with Crippen LogP contribution in [0.15, 0.2) is 84.9 Å². The standard InChI is InChI=1S/C24H24/c1-3-10-23(20-11-6-4-7-12-20)24(21-13-8-5-9-14-21)22-17-15-19(2)16-18-22/h4-9,11-18H,3,10H2,1-2H3/b24-23+/i5D. The SMILES string of the molecule is [2H]c1ccc(/C(=C(/CCC)c2ccccc2)c2ccc(C)cc2)cc1. The monoisotopic (exact) mass is 313 g/mol. The summed E-state index contributed by atoms with van der Waals surface area (Å²) in [5, 5.41) is 0. The van der Waals surface area contributed by atoms with Crippen LogP contribution in [-0.4, -0.2) is 0 Å². The molecule has 0 aliphatic heterocycles. The number of allylic oxidation sites excluding steroid dienone is 1. The summed E-state index contributed by atoms with van der Waals surface area (Å²) < 4.78 is 7.80. The molecule has 0 aromatic heterocycles. The van der Waals surface area contributed by atoms with Crippen LogP contribution in [-0.2, 0) is 0 Å². The van der Waals surface area contributed by atoms with Gasteiger partial charge in [-0.15, -0.1) is 0 Å². The van der Waals surface area contributed by atoms with Crippen molar-refractivity contribution in [2.75, 3.05) is 0 Å². The minimum atomic E-state index is 0.545. The highest BCUT2D eigenvalue weighted by atomic mass is 14.2. The predicted molar refractivity (Wildman–Crippen MR) is 105 cm³/mol. The van der Waals surface area contributed by atoms with Crippen LogP contribution in [0.2, 0.25) is 0 Å². The van der Waals surface area contributed by atoms with E-state index in [1.165, 1.54) is 33.4 Å². The van der Waals surface area contributed by atoms with Gasteiger partial charge in [0.15, 0.2) is 0 Å². The van der Waals surface area contributed by atoms with E-state index >= 15 is 0 Å². The molecule has 0 aliphatic carbocycles. The zero-order valence-electron chi connectivity index (χ0n) is 15.4. The van der Waals surface area contributed by atoms with E-state index in [9.17, 15) is 0 Å². The second-order valence-corrected chi connectivity index (χ2v) is 6.12. The Labute approximate surface area is 146 Å². The Morgan fingerprint density at radius 3 is 1.96 bits per heavy atom. The zero-order valence-corrected chi connectivity index (χ0v) is 14.4. The zero-order chi connectivity index (χ0) is 17.6. The lowest BCUT2D eigenvalue weighted by molar-refractivity contribution is 0.974. The maximum atomic E-state index is 7.80. The summed E-state index contributed by atoms with van der Waals surface area (Å²) in [4.78, 5) is 0. The van der Waals surface area contributed by atoms with E-state index in [2.05, 4.69) is 80.6 Å². The predicted octanol–water partition coefficient (Wildman–Crippen LogP) is 6.75. The highest BCUT2D eigenvalue weighted by Crippen LogP contribution is 2.35. The first-order valence-corrected chi connectivity index (χ1v) is 8.61. The van der Waals surface area contributed by atoms with Crippen LogP contribution < -0.4 is 0 Å². The van der Waals surface area contributed by atoms with E-state index in [0.29, 0.717) is 6.04 Å². The fourth-order valence-corrected chi connectivity index (χ4v) is 3.09. The Balaban J connectivity index is 2.26. The lowest BCUT2D eigenvalue weighted by Crippen LogP contribution is -1.95. The fraction of sp³-hybridized carbons (Fsp3) is 0.167. The molecule has 0 spiro atoms. The molecule has 0 saturated carbocycles. The normalized spacial score (nSPS) is 12.5. The summed E-state index contributed by atoms with van der Waals surface area (Å²) >= 11 is 0. The molecule has 0 heteroatoms. The molecule has 3 rings (SSSR count). The molecule has 0 bridgehead atoms. The van der Waals surface area contributed by atoms with Crippen LogP contribution in [0.1, 0.15) is 43.4 Å². The van der Waals surface area contributed by atoms with Crippen LogP contribution in [0.5, 0.6) is 0 Å². The van der Waals surface area contributed by atoms with E-state index in [-0.39, 0.29) is 0 Å². The van der Waals surface area contributed by atoms with Gasteiger partial charge in [-0.1, -0.05) is 104 Å². The molecule has 0 nitrogen and oxygen atoms in total. The minimum absolute atomic E-state index is 0.545. The second-order valence-electron chi connectivity index (χ2n) is 6.12. The number of benzene rings is 3. The third-order valence-corrected chi connectivity index (χ3v) is 4.27. The van der Waals surface area contributed by atoms with Crippen molar-refractivity contribution in [3.8, 4) is 0 Å². The van der Waals surface area contributed by atoms with Gasteiger partial charge in [0.05, 0.1) is 1.37 Å². The van der Waals surface area contributed by atoms with Gasteiger partial charge in [-0.2, -0.15) is 0 Å². The summed E-state index contributed by atoms with van der Waals surface area (Å²) in [6, 6.07) is 27.8. The minimum Gasteiger partial charge on any atom is -0.0651 e. The average molecular weight is 313 g/mol. The van der Waals surface area contributed by atoms with E-state index in [4.69, 9.17) is 1.37 Å². The summed E-state index contributed by atoms with van der Waals surface area (Å²) in [5.41, 5.74) is 7.58. The van der Waals surface area contributed by atoms with E-state index in [1.807, 2.05) is 12.1 Å². The molecule has 3 aromatic rings. The summed E-state index contributed by atoms with van der Waals surface area (Å²) in [5.74, 6) is 0. The van der Waals surface area contributed by atoms with Crippen LogP contribution in [0.4, 0.5) is 0 Å². The lowest BCUT2D eigenvalue weighted by atomic mass is 9.87. The van der Waals surface area contributed by atoms with Crippen molar-refractivity contribution in [2.24, 2.45) is 0 Å². The van der Waals surface area contributed by atoms with Gasteiger partial charge in [-0.25, -0.2) is 0 Å². The number of rotatable bonds is 5. The molecule has 0 fully saturated rings. The van der Waals surface area contributed by atoms with Crippen molar-refractivity contribution in [2.45, 2.75) is 26.7 Å². The first-order chi connectivity index (χ1) is 12.2. The molecular formula is C24H24. The molecule has 0 saturated heterocycles. The van der Waals surface area contributed by atoms with Crippen molar-refractivity contribution < 1.29 is 1.37 Å². The molecule has 0 atom stereocenters. The van der Waals surface area contributed by atoms with Gasteiger partial charge in [0, 0.05) is 0 Å². The van der Waals surface area contributed by atoms with Crippen LogP contribution in [0.3, 0.4) is 0 Å². The molecule has 24 heavy (non-hydrogen) atoms. The van der Waals surface area contributed by atoms with Crippen molar-refractivity contribution >= 4 is 11.1 Å². The molecule has 0 unspecified atom stereocenters. The molecule has 0 radical (unpaired) electrons. The Morgan fingerprint density at radius 1 is 0.750 bits per heavy atom. The third-order valence-electron chi connectivity index (χ3n) is 4.27. The highest BCUT2D eigenvalue weighted by Gasteiger charge is 2.13. The van der Waals surface area contributed by atoms with Crippen LogP contribution in [0.25, 0.3) is 11.1 Å². The molecular weight excluding hydrogens is 288 g/mol. The molecule has 0 N–H and O–H groups in total. The van der Waals surface area contributed by atoms with Crippen molar-refractivity contribution in [1.29, 1.82) is 0 Å². The summed E-state index contributed by atoms with van der Waals surface area (Å²) in [6.45, 7) is 4.34. The maximum Gasteiger partial charge on any atom is 0.0623 e. The van der Waals surface area contributed by atoms with Gasteiger partial charge in [0.1, 0.15) is 0 Å². The smallest absolute Gasteiger partial charge is 0.0623 e. The maximum absolute atomic E-state index is 7.80. The lowest BCUT2D eigenvalue weighted by Gasteiger charge is -2.17. The number of aryl methyl sites for hydroxylation is 1. The highest BCUT2D eigenvalue weighted by molar-refractivity contribution is 5.98. The molecule has 0 amide bonds. The van der Waals surface area contributed by atoms with Gasteiger partial charge in [0.25, 0.3) is 0 Å². The average Bonchev–Trinajstić information content (AvgIpc) is 2.65.